The minimum absolute atomic E-state index is 0.102. The summed E-state index contributed by atoms with van der Waals surface area (Å²) in [5, 5.41) is 17.4. The van der Waals surface area contributed by atoms with E-state index in [-0.39, 0.29) is 27.9 Å². The molecule has 6 rings (SSSR count). The van der Waals surface area contributed by atoms with Gasteiger partial charge in [-0.15, -0.1) is 0 Å². The van der Waals surface area contributed by atoms with Crippen LogP contribution in [-0.4, -0.2) is 89.2 Å². The number of aromatic nitrogens is 2. The van der Waals surface area contributed by atoms with E-state index in [1.807, 2.05) is 13.8 Å². The van der Waals surface area contributed by atoms with Gasteiger partial charge in [-0.1, -0.05) is 50.6 Å². The van der Waals surface area contributed by atoms with Gasteiger partial charge in [0.1, 0.15) is 17.3 Å². The number of carbonyl (C=O) groups is 2. The molecule has 50 heavy (non-hydrogen) atoms. The van der Waals surface area contributed by atoms with E-state index < -0.39 is 40.3 Å². The van der Waals surface area contributed by atoms with Crippen LogP contribution in [0.2, 0.25) is 0 Å². The van der Waals surface area contributed by atoms with Crippen molar-refractivity contribution in [3.63, 3.8) is 0 Å². The monoisotopic (exact) mass is 708 g/mol. The molecule has 1 atom stereocenters. The van der Waals surface area contributed by atoms with Crippen molar-refractivity contribution >= 4 is 27.5 Å². The number of hydrogen-bond acceptors (Lipinski definition) is 11. The van der Waals surface area contributed by atoms with Gasteiger partial charge in [0.25, 0.3) is 21.5 Å². The molecule has 2 aromatic carbocycles. The van der Waals surface area contributed by atoms with E-state index in [0.29, 0.717) is 33.5 Å². The number of carbonyl (C=O) groups excluding carboxylic acids is 1. The van der Waals surface area contributed by atoms with Crippen molar-refractivity contribution in [1.29, 1.82) is 0 Å². The molecule has 266 valence electrons. The number of methoxy groups -OCH3 is 1. The molecular weight excluding hydrogens is 668 g/mol. The summed E-state index contributed by atoms with van der Waals surface area (Å²) in [5.41, 5.74) is 0.880. The summed E-state index contributed by atoms with van der Waals surface area (Å²) in [6.45, 7) is 6.38. The van der Waals surface area contributed by atoms with E-state index in [2.05, 4.69) is 9.88 Å². The van der Waals surface area contributed by atoms with Crippen molar-refractivity contribution in [2.45, 2.75) is 50.0 Å². The first-order valence-corrected chi connectivity index (χ1v) is 17.6. The van der Waals surface area contributed by atoms with Gasteiger partial charge < -0.3 is 24.4 Å². The number of pyridine rings is 1. The zero-order chi connectivity index (χ0) is 36.0. The molecule has 2 aliphatic heterocycles. The average molecular weight is 709 g/mol. The second kappa shape index (κ2) is 15.7. The lowest BCUT2D eigenvalue weighted by atomic mass is 9.96. The Morgan fingerprint density at radius 2 is 1.70 bits per heavy atom. The SMILES string of the molecule is COc1cc(C(C)C)c2c(c1)S(=O)(=O)N(COc1cc(=O)n3cccc(OCCN4CCCCC4)c3n1)C2=O.O=C(O)C(O)c1ccccc1. The van der Waals surface area contributed by atoms with Crippen molar-refractivity contribution in [2.24, 2.45) is 0 Å². The third-order valence-corrected chi connectivity index (χ3v) is 10.1. The standard InChI is InChI=1S/C27H32N4O7S.C8H8O3/c1-18(2)20-14-19(36-3)15-22-25(20)27(33)31(39(22,34)35)17-38-23-16-24(32)30-11-7-8-21(26(30)28-23)37-13-12-29-9-5-4-6-10-29;9-7(8(10)11)6-4-2-1-3-5-6/h7-8,11,14-16,18H,4-6,9-10,12-13,17H2,1-3H3;1-5,7,9H,(H,10,11). The Hall–Kier alpha value is -4.99. The average Bonchev–Trinajstić information content (AvgIpc) is 3.31. The summed E-state index contributed by atoms with van der Waals surface area (Å²) in [7, 11) is -2.76. The number of amides is 1. The van der Waals surface area contributed by atoms with Gasteiger partial charge in [-0.05, 0) is 61.2 Å². The van der Waals surface area contributed by atoms with Crippen molar-refractivity contribution in [3.05, 3.63) is 93.9 Å². The van der Waals surface area contributed by atoms with Gasteiger partial charge in [-0.25, -0.2) is 13.2 Å². The van der Waals surface area contributed by atoms with Gasteiger partial charge in [0.05, 0.1) is 18.7 Å². The Labute approximate surface area is 289 Å². The van der Waals surface area contributed by atoms with Crippen LogP contribution in [0.3, 0.4) is 0 Å². The molecule has 2 aromatic heterocycles. The van der Waals surface area contributed by atoms with Crippen molar-refractivity contribution in [1.82, 2.24) is 18.6 Å². The molecule has 0 saturated carbocycles. The molecule has 0 spiro atoms. The van der Waals surface area contributed by atoms with Gasteiger partial charge >= 0.3 is 5.97 Å². The third-order valence-electron chi connectivity index (χ3n) is 8.40. The highest BCUT2D eigenvalue weighted by molar-refractivity contribution is 7.90. The summed E-state index contributed by atoms with van der Waals surface area (Å²) in [5.74, 6) is -1.42. The molecule has 2 aliphatic rings. The lowest BCUT2D eigenvalue weighted by molar-refractivity contribution is -0.146. The molecule has 15 heteroatoms. The molecule has 1 fully saturated rings. The summed E-state index contributed by atoms with van der Waals surface area (Å²) in [6.07, 6.45) is 3.77. The number of carboxylic acid groups (broad SMARTS) is 1. The number of nitrogens with zero attached hydrogens (tertiary/aromatic N) is 4. The normalized spacial score (nSPS) is 16.0. The molecule has 2 N–H and O–H groups in total. The number of piperidine rings is 1. The number of aliphatic hydroxyl groups is 1. The quantitative estimate of drug-likeness (QED) is 0.232. The number of fused-ring (bicyclic) bond motifs is 2. The Morgan fingerprint density at radius 3 is 2.36 bits per heavy atom. The summed E-state index contributed by atoms with van der Waals surface area (Å²) in [6, 6.07) is 15.8. The number of ether oxygens (including phenoxy) is 3. The number of hydrogen-bond donors (Lipinski definition) is 2. The molecule has 0 bridgehead atoms. The topological polar surface area (TPSA) is 177 Å². The van der Waals surface area contributed by atoms with Gasteiger partial charge in [0, 0.05) is 18.8 Å². The fourth-order valence-corrected chi connectivity index (χ4v) is 7.20. The predicted octanol–water partition coefficient (Wildman–Crippen LogP) is 3.68. The number of sulfonamides is 1. The van der Waals surface area contributed by atoms with Crippen LogP contribution in [0, 0.1) is 0 Å². The lowest BCUT2D eigenvalue weighted by Crippen LogP contribution is -2.34. The Balaban J connectivity index is 0.000000377. The highest BCUT2D eigenvalue weighted by Crippen LogP contribution is 2.38. The van der Waals surface area contributed by atoms with E-state index >= 15 is 0 Å². The first-order chi connectivity index (χ1) is 23.9. The maximum atomic E-state index is 13.3. The second-order valence-corrected chi connectivity index (χ2v) is 13.9. The van der Waals surface area contributed by atoms with Crippen LogP contribution < -0.4 is 19.8 Å². The van der Waals surface area contributed by atoms with Crippen LogP contribution in [0.15, 0.2) is 76.6 Å². The molecule has 1 amide bonds. The first kappa shape index (κ1) is 36.3. The van der Waals surface area contributed by atoms with Crippen molar-refractivity contribution in [3.8, 4) is 17.4 Å². The van der Waals surface area contributed by atoms with Crippen LogP contribution in [-0.2, 0) is 14.8 Å². The van der Waals surface area contributed by atoms with Crippen molar-refractivity contribution in [2.75, 3.05) is 40.1 Å². The summed E-state index contributed by atoms with van der Waals surface area (Å²) < 4.78 is 45.4. The van der Waals surface area contributed by atoms with E-state index in [9.17, 15) is 22.8 Å². The number of aliphatic carboxylic acids is 1. The second-order valence-electron chi connectivity index (χ2n) is 12.1. The highest BCUT2D eigenvalue weighted by Gasteiger charge is 2.44. The Kier molecular flexibility index (Phi) is 11.4. The number of benzene rings is 2. The molecule has 1 saturated heterocycles. The van der Waals surface area contributed by atoms with Crippen LogP contribution in [0.1, 0.15) is 66.6 Å². The number of aliphatic hydroxyl groups excluding tert-OH is 1. The fourth-order valence-electron chi connectivity index (χ4n) is 5.73. The van der Waals surface area contributed by atoms with Crippen molar-refractivity contribution < 1.29 is 42.4 Å². The van der Waals surface area contributed by atoms with E-state index in [1.165, 1.54) is 36.8 Å². The van der Waals surface area contributed by atoms with Crippen LogP contribution in [0.5, 0.6) is 17.4 Å². The maximum absolute atomic E-state index is 13.3. The van der Waals surface area contributed by atoms with E-state index in [1.54, 1.807) is 54.7 Å². The number of likely N-dealkylation sites (tertiary alicyclic amines) is 1. The summed E-state index contributed by atoms with van der Waals surface area (Å²) >= 11 is 0. The van der Waals surface area contributed by atoms with Crippen LogP contribution >= 0.6 is 0 Å². The van der Waals surface area contributed by atoms with Crippen LogP contribution in [0.4, 0.5) is 0 Å². The highest BCUT2D eigenvalue weighted by atomic mass is 32.2. The molecule has 4 heterocycles. The fraction of sp³-hybridized carbons (Fsp3) is 0.371. The van der Waals surface area contributed by atoms with Gasteiger partial charge in [0.15, 0.2) is 24.2 Å². The molecule has 0 aliphatic carbocycles. The Morgan fingerprint density at radius 1 is 0.980 bits per heavy atom. The Bertz CT molecular complexity index is 2010. The lowest BCUT2D eigenvalue weighted by Gasteiger charge is -2.26. The van der Waals surface area contributed by atoms with Gasteiger partial charge in [-0.3, -0.25) is 18.9 Å². The number of carboxylic acids is 1. The third kappa shape index (κ3) is 7.90. The molecule has 4 aromatic rings. The first-order valence-electron chi connectivity index (χ1n) is 16.2. The van der Waals surface area contributed by atoms with Gasteiger partial charge in [0.2, 0.25) is 5.88 Å². The zero-order valence-electron chi connectivity index (χ0n) is 28.0. The molecule has 14 nitrogen and oxygen atoms in total. The largest absolute Gasteiger partial charge is 0.497 e. The maximum Gasteiger partial charge on any atom is 0.337 e. The smallest absolute Gasteiger partial charge is 0.337 e. The zero-order valence-corrected chi connectivity index (χ0v) is 28.8. The minimum atomic E-state index is -4.20. The molecule has 0 radical (unpaired) electrons. The number of rotatable bonds is 11. The molecular formula is C35H40N4O10S. The van der Waals surface area contributed by atoms with E-state index in [4.69, 9.17) is 24.4 Å². The van der Waals surface area contributed by atoms with Gasteiger partial charge in [-0.2, -0.15) is 9.29 Å². The molecule has 1 unspecified atom stereocenters. The van der Waals surface area contributed by atoms with Crippen LogP contribution in [0.25, 0.3) is 5.65 Å². The van der Waals surface area contributed by atoms with E-state index in [0.717, 1.165) is 25.7 Å². The minimum Gasteiger partial charge on any atom is -0.497 e. The predicted molar refractivity (Wildman–Crippen MR) is 182 cm³/mol. The summed E-state index contributed by atoms with van der Waals surface area (Å²) in [4.78, 5) is 42.9.